The van der Waals surface area contributed by atoms with Crippen molar-refractivity contribution in [1.29, 1.82) is 0 Å². The quantitative estimate of drug-likeness (QED) is 0.471. The van der Waals surface area contributed by atoms with Gasteiger partial charge >= 0.3 is 0 Å². The highest BCUT2D eigenvalue weighted by Gasteiger charge is 2.15. The van der Waals surface area contributed by atoms with Crippen molar-refractivity contribution >= 4 is 0 Å². The smallest absolute Gasteiger partial charge is 0.117 e. The zero-order valence-corrected chi connectivity index (χ0v) is 16.7. The molecule has 4 aromatic rings. The second-order valence-corrected chi connectivity index (χ2v) is 7.28. The first-order valence-corrected chi connectivity index (χ1v) is 9.97. The van der Waals surface area contributed by atoms with Gasteiger partial charge < -0.3 is 4.57 Å². The Labute approximate surface area is 171 Å². The summed E-state index contributed by atoms with van der Waals surface area (Å²) < 4.78 is 2.12. The van der Waals surface area contributed by atoms with E-state index in [1.807, 2.05) is 36.9 Å². The topological polar surface area (TPSA) is 62.6 Å². The highest BCUT2D eigenvalue weighted by Crippen LogP contribution is 2.21. The van der Waals surface area contributed by atoms with Gasteiger partial charge in [0.1, 0.15) is 11.4 Å². The predicted octanol–water partition coefficient (Wildman–Crippen LogP) is 4.07. The second-order valence-electron chi connectivity index (χ2n) is 7.28. The Hall–Kier alpha value is -3.25. The number of H-pyrrole nitrogens is 1. The Morgan fingerprint density at radius 1 is 0.966 bits per heavy atom. The molecule has 0 radical (unpaired) electrons. The first kappa shape index (κ1) is 19.1. The molecule has 0 bridgehead atoms. The van der Waals surface area contributed by atoms with E-state index < -0.39 is 0 Å². The summed E-state index contributed by atoms with van der Waals surface area (Å²) in [5.74, 6) is 0. The van der Waals surface area contributed by atoms with Gasteiger partial charge in [0.05, 0.1) is 6.33 Å². The number of hydrogen-bond donors (Lipinski definition) is 1. The van der Waals surface area contributed by atoms with E-state index >= 15 is 0 Å². The van der Waals surface area contributed by atoms with Gasteiger partial charge in [0.15, 0.2) is 0 Å². The highest BCUT2D eigenvalue weighted by molar-refractivity contribution is 5.60. The average molecular weight is 387 g/mol. The lowest BCUT2D eigenvalue weighted by molar-refractivity contribution is 0.245. The van der Waals surface area contributed by atoms with Crippen molar-refractivity contribution in [3.8, 4) is 11.3 Å². The number of nitrogens with one attached hydrogen (secondary N) is 1. The van der Waals surface area contributed by atoms with Crippen molar-refractivity contribution in [2.75, 3.05) is 6.54 Å². The zero-order chi connectivity index (χ0) is 19.9. The van der Waals surface area contributed by atoms with Crippen LogP contribution in [0, 0.1) is 6.92 Å². The number of aryl methyl sites for hydroxylation is 2. The van der Waals surface area contributed by atoms with E-state index in [-0.39, 0.29) is 0 Å². The Kier molecular flexibility index (Phi) is 6.12. The zero-order valence-electron chi connectivity index (χ0n) is 16.7. The third-order valence-corrected chi connectivity index (χ3v) is 5.15. The van der Waals surface area contributed by atoms with Crippen LogP contribution >= 0.6 is 0 Å². The summed E-state index contributed by atoms with van der Waals surface area (Å²) >= 11 is 0. The molecular weight excluding hydrogens is 360 g/mol. The minimum Gasteiger partial charge on any atom is -0.337 e. The molecule has 0 atom stereocenters. The second kappa shape index (κ2) is 9.30. The average Bonchev–Trinajstić information content (AvgIpc) is 3.42. The highest BCUT2D eigenvalue weighted by atomic mass is 15.3. The summed E-state index contributed by atoms with van der Waals surface area (Å²) in [4.78, 5) is 6.58. The van der Waals surface area contributed by atoms with Crippen LogP contribution in [0.4, 0.5) is 0 Å². The van der Waals surface area contributed by atoms with Gasteiger partial charge in [-0.1, -0.05) is 54.6 Å². The predicted molar refractivity (Wildman–Crippen MR) is 114 cm³/mol. The summed E-state index contributed by atoms with van der Waals surface area (Å²) in [6.07, 6.45) is 6.75. The van der Waals surface area contributed by atoms with Gasteiger partial charge in [0.2, 0.25) is 0 Å². The lowest BCUT2D eigenvalue weighted by Gasteiger charge is -2.23. The molecule has 6 nitrogen and oxygen atoms in total. The summed E-state index contributed by atoms with van der Waals surface area (Å²) in [7, 11) is 0. The van der Waals surface area contributed by atoms with E-state index in [1.54, 1.807) is 0 Å². The Balaban J connectivity index is 1.50. The third kappa shape index (κ3) is 4.97. The van der Waals surface area contributed by atoms with E-state index in [0.717, 1.165) is 49.6 Å². The maximum atomic E-state index is 4.46. The molecule has 1 N–H and O–H groups in total. The summed E-state index contributed by atoms with van der Waals surface area (Å²) in [5.41, 5.74) is 5.66. The van der Waals surface area contributed by atoms with Crippen LogP contribution in [0.25, 0.3) is 11.3 Å². The molecule has 0 saturated carbocycles. The molecule has 0 unspecified atom stereocenters. The van der Waals surface area contributed by atoms with Gasteiger partial charge in [-0.05, 0) is 24.5 Å². The van der Waals surface area contributed by atoms with E-state index in [9.17, 15) is 0 Å². The van der Waals surface area contributed by atoms with Crippen LogP contribution in [0.2, 0.25) is 0 Å². The Morgan fingerprint density at radius 2 is 1.79 bits per heavy atom. The van der Waals surface area contributed by atoms with Crippen molar-refractivity contribution in [1.82, 2.24) is 29.9 Å². The fourth-order valence-corrected chi connectivity index (χ4v) is 3.54. The van der Waals surface area contributed by atoms with Gasteiger partial charge in [-0.25, -0.2) is 4.98 Å². The van der Waals surface area contributed by atoms with Gasteiger partial charge in [-0.3, -0.25) is 4.90 Å². The molecule has 2 aromatic carbocycles. The molecule has 0 amide bonds. The van der Waals surface area contributed by atoms with E-state index in [2.05, 4.69) is 73.2 Å². The lowest BCUT2D eigenvalue weighted by Crippen LogP contribution is -2.25. The summed E-state index contributed by atoms with van der Waals surface area (Å²) in [6, 6.07) is 18.8. The first-order chi connectivity index (χ1) is 14.3. The largest absolute Gasteiger partial charge is 0.337 e. The van der Waals surface area contributed by atoms with Gasteiger partial charge in [0.25, 0.3) is 0 Å². The van der Waals surface area contributed by atoms with E-state index in [0.29, 0.717) is 0 Å². The van der Waals surface area contributed by atoms with Crippen LogP contribution in [0.1, 0.15) is 23.2 Å². The Bertz CT molecular complexity index is 1010. The van der Waals surface area contributed by atoms with Crippen LogP contribution in [0.3, 0.4) is 0 Å². The SMILES string of the molecule is Cc1ccccc1CN(CCCn1ccnc1)Cc1n[nH]nc1-c1ccccc1. The molecule has 0 aliphatic carbocycles. The lowest BCUT2D eigenvalue weighted by atomic mass is 10.1. The van der Waals surface area contributed by atoms with Crippen LogP contribution in [0.15, 0.2) is 73.3 Å². The van der Waals surface area contributed by atoms with Gasteiger partial charge in [-0.2, -0.15) is 15.4 Å². The van der Waals surface area contributed by atoms with Crippen molar-refractivity contribution < 1.29 is 0 Å². The fourth-order valence-electron chi connectivity index (χ4n) is 3.54. The van der Waals surface area contributed by atoms with E-state index in [4.69, 9.17) is 0 Å². The fraction of sp³-hybridized carbons (Fsp3) is 0.261. The minimum absolute atomic E-state index is 0.749. The number of hydrogen-bond acceptors (Lipinski definition) is 4. The molecule has 2 aromatic heterocycles. The molecule has 0 aliphatic rings. The maximum Gasteiger partial charge on any atom is 0.117 e. The number of nitrogens with zero attached hydrogens (tertiary/aromatic N) is 5. The maximum absolute atomic E-state index is 4.46. The number of benzene rings is 2. The minimum atomic E-state index is 0.749. The Morgan fingerprint density at radius 3 is 2.59 bits per heavy atom. The van der Waals surface area contributed by atoms with Crippen molar-refractivity contribution in [2.45, 2.75) is 33.0 Å². The molecule has 4 rings (SSSR count). The third-order valence-electron chi connectivity index (χ3n) is 5.15. The summed E-state index contributed by atoms with van der Waals surface area (Å²) in [5, 5.41) is 11.7. The van der Waals surface area contributed by atoms with Crippen LogP contribution in [-0.2, 0) is 19.6 Å². The number of aromatic nitrogens is 5. The molecule has 2 heterocycles. The van der Waals surface area contributed by atoms with Crippen LogP contribution in [0.5, 0.6) is 0 Å². The molecule has 0 aliphatic heterocycles. The first-order valence-electron chi connectivity index (χ1n) is 9.97. The molecule has 0 fully saturated rings. The normalized spacial score (nSPS) is 11.2. The molecule has 0 saturated heterocycles. The number of imidazole rings is 1. The molecule has 29 heavy (non-hydrogen) atoms. The molecular formula is C23H26N6. The van der Waals surface area contributed by atoms with Crippen molar-refractivity contribution in [3.63, 3.8) is 0 Å². The number of rotatable bonds is 9. The number of aromatic amines is 1. The van der Waals surface area contributed by atoms with Crippen molar-refractivity contribution in [2.24, 2.45) is 0 Å². The molecule has 148 valence electrons. The molecule has 6 heteroatoms. The van der Waals surface area contributed by atoms with E-state index in [1.165, 1.54) is 11.1 Å². The monoisotopic (exact) mass is 386 g/mol. The van der Waals surface area contributed by atoms with Crippen molar-refractivity contribution in [3.05, 3.63) is 90.1 Å². The van der Waals surface area contributed by atoms with Crippen LogP contribution in [-0.4, -0.2) is 36.4 Å². The van der Waals surface area contributed by atoms with Gasteiger partial charge in [0, 0.05) is 44.1 Å². The van der Waals surface area contributed by atoms with Crippen LogP contribution < -0.4 is 0 Å². The molecule has 0 spiro atoms. The summed E-state index contributed by atoms with van der Waals surface area (Å²) in [6.45, 7) is 5.73. The van der Waals surface area contributed by atoms with Gasteiger partial charge in [-0.15, -0.1) is 0 Å². The standard InChI is InChI=1S/C23H26N6/c1-19-8-5-6-11-21(19)16-29(14-7-13-28-15-12-24-18-28)17-22-23(26-27-25-22)20-9-3-2-4-10-20/h2-6,8-12,15,18H,7,13-14,16-17H2,1H3,(H,25,26,27).